The Morgan fingerprint density at radius 1 is 1.40 bits per heavy atom. The third-order valence-electron chi connectivity index (χ3n) is 1.89. The summed E-state index contributed by atoms with van der Waals surface area (Å²) in [7, 11) is 1.94. The van der Waals surface area contributed by atoms with E-state index in [1.807, 2.05) is 22.8 Å². The van der Waals surface area contributed by atoms with E-state index in [0.29, 0.717) is 5.15 Å². The summed E-state index contributed by atoms with van der Waals surface area (Å²) in [5.41, 5.74) is 2.84. The van der Waals surface area contributed by atoms with Gasteiger partial charge in [-0.2, -0.15) is 0 Å². The van der Waals surface area contributed by atoms with Crippen LogP contribution in [0.2, 0.25) is 5.15 Å². The molecule has 0 aliphatic heterocycles. The average molecular weight is 241 g/mol. The van der Waals surface area contributed by atoms with Gasteiger partial charge < -0.3 is 4.90 Å². The lowest BCUT2D eigenvalue weighted by Crippen LogP contribution is -2.17. The van der Waals surface area contributed by atoms with E-state index in [4.69, 9.17) is 11.6 Å². The van der Waals surface area contributed by atoms with E-state index in [1.54, 1.807) is 17.4 Å². The second-order valence-electron chi connectivity index (χ2n) is 3.03. The Morgan fingerprint density at radius 2 is 2.27 bits per heavy atom. The van der Waals surface area contributed by atoms with Gasteiger partial charge in [-0.1, -0.05) is 11.6 Å². The molecule has 0 aliphatic carbocycles. The molecule has 0 spiro atoms. The molecule has 6 heteroatoms. The fourth-order valence-electron chi connectivity index (χ4n) is 1.17. The summed E-state index contributed by atoms with van der Waals surface area (Å²) in [6.07, 6.45) is 1.45. The van der Waals surface area contributed by atoms with Crippen LogP contribution >= 0.6 is 22.9 Å². The molecule has 2 rings (SSSR count). The Hall–Kier alpha value is -1.20. The van der Waals surface area contributed by atoms with Gasteiger partial charge in [0, 0.05) is 18.5 Å². The summed E-state index contributed by atoms with van der Waals surface area (Å²) in [6.45, 7) is 0.719. The van der Waals surface area contributed by atoms with Gasteiger partial charge >= 0.3 is 0 Å². The van der Waals surface area contributed by atoms with Crippen molar-refractivity contribution in [2.45, 2.75) is 6.54 Å². The zero-order valence-corrected chi connectivity index (χ0v) is 9.66. The molecule has 0 radical (unpaired) electrons. The molecular weight excluding hydrogens is 232 g/mol. The lowest BCUT2D eigenvalue weighted by Gasteiger charge is -2.16. The van der Waals surface area contributed by atoms with E-state index >= 15 is 0 Å². The summed E-state index contributed by atoms with van der Waals surface area (Å²) >= 11 is 7.36. The first-order chi connectivity index (χ1) is 7.25. The van der Waals surface area contributed by atoms with Gasteiger partial charge in [-0.05, 0) is 0 Å². The molecule has 2 aromatic rings. The van der Waals surface area contributed by atoms with Crippen molar-refractivity contribution in [3.8, 4) is 0 Å². The second kappa shape index (κ2) is 4.55. The lowest BCUT2D eigenvalue weighted by molar-refractivity contribution is 0.869. The molecule has 2 aromatic heterocycles. The molecule has 0 aromatic carbocycles. The van der Waals surface area contributed by atoms with Crippen LogP contribution in [0.5, 0.6) is 0 Å². The number of nitrogens with zero attached hydrogens (tertiary/aromatic N) is 4. The number of anilines is 1. The SMILES string of the molecule is CN(Cc1cscn1)c1cc(Cl)ncn1. The molecule has 0 aliphatic rings. The van der Waals surface area contributed by atoms with Crippen molar-refractivity contribution in [1.82, 2.24) is 15.0 Å². The molecule has 0 amide bonds. The fraction of sp³-hybridized carbons (Fsp3) is 0.222. The minimum absolute atomic E-state index is 0.449. The molecule has 0 bridgehead atoms. The number of halogens is 1. The maximum atomic E-state index is 5.78. The predicted octanol–water partition coefficient (Wildman–Crippen LogP) is 2.22. The quantitative estimate of drug-likeness (QED) is 0.772. The first kappa shape index (κ1) is 10.3. The summed E-state index contributed by atoms with van der Waals surface area (Å²) in [4.78, 5) is 14.1. The number of thiazole rings is 1. The van der Waals surface area contributed by atoms with E-state index in [1.165, 1.54) is 6.33 Å². The molecule has 0 saturated carbocycles. The highest BCUT2D eigenvalue weighted by Gasteiger charge is 2.05. The van der Waals surface area contributed by atoms with E-state index in [-0.39, 0.29) is 0 Å². The lowest BCUT2D eigenvalue weighted by atomic mass is 10.4. The largest absolute Gasteiger partial charge is 0.354 e. The van der Waals surface area contributed by atoms with Gasteiger partial charge in [-0.3, -0.25) is 0 Å². The van der Waals surface area contributed by atoms with E-state index in [2.05, 4.69) is 15.0 Å². The number of aromatic nitrogens is 3. The van der Waals surface area contributed by atoms with Crippen LogP contribution in [0, 0.1) is 0 Å². The van der Waals surface area contributed by atoms with Gasteiger partial charge in [0.1, 0.15) is 17.3 Å². The molecule has 78 valence electrons. The number of rotatable bonds is 3. The normalized spacial score (nSPS) is 10.3. The van der Waals surface area contributed by atoms with Crippen LogP contribution in [0.15, 0.2) is 23.3 Å². The minimum Gasteiger partial charge on any atom is -0.354 e. The van der Waals surface area contributed by atoms with Crippen LogP contribution in [-0.4, -0.2) is 22.0 Å². The molecule has 4 nitrogen and oxygen atoms in total. The second-order valence-corrected chi connectivity index (χ2v) is 4.14. The van der Waals surface area contributed by atoms with Crippen LogP contribution < -0.4 is 4.90 Å². The molecule has 0 N–H and O–H groups in total. The van der Waals surface area contributed by atoms with Crippen LogP contribution in [0.4, 0.5) is 5.82 Å². The van der Waals surface area contributed by atoms with Crippen molar-refractivity contribution in [3.05, 3.63) is 34.1 Å². The topological polar surface area (TPSA) is 41.9 Å². The van der Waals surface area contributed by atoms with Crippen molar-refractivity contribution >= 4 is 28.8 Å². The highest BCUT2D eigenvalue weighted by atomic mass is 35.5. The van der Waals surface area contributed by atoms with Gasteiger partial charge in [0.2, 0.25) is 0 Å². The van der Waals surface area contributed by atoms with Gasteiger partial charge in [-0.15, -0.1) is 11.3 Å². The van der Waals surface area contributed by atoms with E-state index in [0.717, 1.165) is 18.1 Å². The van der Waals surface area contributed by atoms with Crippen molar-refractivity contribution in [3.63, 3.8) is 0 Å². The zero-order chi connectivity index (χ0) is 10.7. The molecule has 0 saturated heterocycles. The number of hydrogen-bond donors (Lipinski definition) is 0. The first-order valence-corrected chi connectivity index (χ1v) is 5.63. The molecule has 0 atom stereocenters. The van der Waals surface area contributed by atoms with Crippen molar-refractivity contribution in [2.75, 3.05) is 11.9 Å². The Kier molecular flexibility index (Phi) is 3.13. The zero-order valence-electron chi connectivity index (χ0n) is 8.09. The Morgan fingerprint density at radius 3 is 2.93 bits per heavy atom. The van der Waals surface area contributed by atoms with Crippen LogP contribution in [0.3, 0.4) is 0 Å². The fourth-order valence-corrected chi connectivity index (χ4v) is 1.86. The monoisotopic (exact) mass is 240 g/mol. The summed E-state index contributed by atoms with van der Waals surface area (Å²) < 4.78 is 0. The van der Waals surface area contributed by atoms with Gasteiger partial charge in [0.05, 0.1) is 17.7 Å². The molecule has 0 fully saturated rings. The predicted molar refractivity (Wildman–Crippen MR) is 61.3 cm³/mol. The Balaban J connectivity index is 2.11. The maximum absolute atomic E-state index is 5.78. The molecular formula is C9H9ClN4S. The van der Waals surface area contributed by atoms with Gasteiger partial charge in [0.25, 0.3) is 0 Å². The van der Waals surface area contributed by atoms with Crippen molar-refractivity contribution < 1.29 is 0 Å². The average Bonchev–Trinajstić information content (AvgIpc) is 2.70. The van der Waals surface area contributed by atoms with Crippen LogP contribution in [0.1, 0.15) is 5.69 Å². The maximum Gasteiger partial charge on any atom is 0.134 e. The van der Waals surface area contributed by atoms with Gasteiger partial charge in [-0.25, -0.2) is 15.0 Å². The molecule has 0 unspecified atom stereocenters. The standard InChI is InChI=1S/C9H9ClN4S/c1-14(3-7-4-15-6-13-7)9-2-8(10)11-5-12-9/h2,4-6H,3H2,1H3. The minimum atomic E-state index is 0.449. The summed E-state index contributed by atoms with van der Waals surface area (Å²) in [6, 6.07) is 1.73. The highest BCUT2D eigenvalue weighted by molar-refractivity contribution is 7.07. The number of hydrogen-bond acceptors (Lipinski definition) is 5. The molecule has 2 heterocycles. The first-order valence-electron chi connectivity index (χ1n) is 4.31. The van der Waals surface area contributed by atoms with Crippen LogP contribution in [-0.2, 0) is 6.54 Å². The Bertz CT molecular complexity index is 431. The van der Waals surface area contributed by atoms with E-state index < -0.39 is 0 Å². The summed E-state index contributed by atoms with van der Waals surface area (Å²) in [5.74, 6) is 0.794. The summed E-state index contributed by atoms with van der Waals surface area (Å²) in [5, 5.41) is 2.46. The van der Waals surface area contributed by atoms with Crippen molar-refractivity contribution in [1.29, 1.82) is 0 Å². The smallest absolute Gasteiger partial charge is 0.134 e. The van der Waals surface area contributed by atoms with Crippen molar-refractivity contribution in [2.24, 2.45) is 0 Å². The third kappa shape index (κ3) is 2.64. The third-order valence-corrected chi connectivity index (χ3v) is 2.73. The van der Waals surface area contributed by atoms with Gasteiger partial charge in [0.15, 0.2) is 0 Å². The molecule has 15 heavy (non-hydrogen) atoms. The van der Waals surface area contributed by atoms with Crippen LogP contribution in [0.25, 0.3) is 0 Å². The highest BCUT2D eigenvalue weighted by Crippen LogP contribution is 2.15. The van der Waals surface area contributed by atoms with E-state index in [9.17, 15) is 0 Å². The Labute approximate surface area is 96.6 Å².